The van der Waals surface area contributed by atoms with Gasteiger partial charge in [0.1, 0.15) is 0 Å². The Bertz CT molecular complexity index is 478. The van der Waals surface area contributed by atoms with E-state index in [0.29, 0.717) is 5.25 Å². The van der Waals surface area contributed by atoms with E-state index in [-0.39, 0.29) is 0 Å². The lowest BCUT2D eigenvalue weighted by atomic mass is 10.0. The summed E-state index contributed by atoms with van der Waals surface area (Å²) in [4.78, 5) is 0. The first kappa shape index (κ1) is 14.2. The van der Waals surface area contributed by atoms with Crippen molar-refractivity contribution in [3.63, 3.8) is 0 Å². The molecule has 0 aliphatic rings. The summed E-state index contributed by atoms with van der Waals surface area (Å²) in [6.07, 6.45) is 2.15. The molecule has 2 heteroatoms. The average molecular weight is 271 g/mol. The van der Waals surface area contributed by atoms with Crippen molar-refractivity contribution >= 4 is 11.8 Å². The van der Waals surface area contributed by atoms with Crippen LogP contribution in [0, 0.1) is 0 Å². The van der Waals surface area contributed by atoms with Crippen LogP contribution in [0.4, 0.5) is 0 Å². The number of rotatable bonds is 6. The third kappa shape index (κ3) is 4.41. The molecule has 1 unspecified atom stereocenters. The lowest BCUT2D eigenvalue weighted by Crippen LogP contribution is -2.21. The highest BCUT2D eigenvalue weighted by atomic mass is 32.2. The van der Waals surface area contributed by atoms with E-state index in [4.69, 9.17) is 0 Å². The van der Waals surface area contributed by atoms with E-state index in [0.717, 1.165) is 13.1 Å². The van der Waals surface area contributed by atoms with Gasteiger partial charge < -0.3 is 5.32 Å². The van der Waals surface area contributed by atoms with E-state index in [9.17, 15) is 0 Å². The van der Waals surface area contributed by atoms with Crippen LogP contribution >= 0.6 is 11.8 Å². The maximum Gasteiger partial charge on any atom is 0.0205 e. The fourth-order valence-electron chi connectivity index (χ4n) is 1.95. The van der Waals surface area contributed by atoms with Gasteiger partial charge in [0.2, 0.25) is 0 Å². The molecule has 0 saturated heterocycles. The zero-order valence-electron chi connectivity index (χ0n) is 11.6. The van der Waals surface area contributed by atoms with E-state index in [1.165, 1.54) is 16.7 Å². The molecule has 0 fully saturated rings. The van der Waals surface area contributed by atoms with Crippen LogP contribution in [-0.2, 0) is 6.54 Å². The molecule has 1 N–H and O–H groups in total. The normalized spacial score (nSPS) is 12.3. The van der Waals surface area contributed by atoms with Gasteiger partial charge in [-0.2, -0.15) is 11.8 Å². The van der Waals surface area contributed by atoms with Crippen LogP contribution in [-0.4, -0.2) is 18.1 Å². The lowest BCUT2D eigenvalue weighted by molar-refractivity contribution is 0.685. The van der Waals surface area contributed by atoms with Crippen LogP contribution in [0.15, 0.2) is 54.6 Å². The topological polar surface area (TPSA) is 12.0 Å². The molecule has 2 rings (SSSR count). The SMILES string of the molecule is CSC(C)CNCc1ccc(-c2ccccc2)cc1. The van der Waals surface area contributed by atoms with Crippen molar-refractivity contribution in [3.8, 4) is 11.1 Å². The maximum absolute atomic E-state index is 3.49. The molecule has 19 heavy (non-hydrogen) atoms. The van der Waals surface area contributed by atoms with E-state index >= 15 is 0 Å². The van der Waals surface area contributed by atoms with Crippen molar-refractivity contribution in [2.75, 3.05) is 12.8 Å². The summed E-state index contributed by atoms with van der Waals surface area (Å²) in [6, 6.07) is 19.3. The summed E-state index contributed by atoms with van der Waals surface area (Å²) in [5, 5.41) is 4.16. The molecule has 0 aliphatic heterocycles. The molecule has 1 atom stereocenters. The number of hydrogen-bond donors (Lipinski definition) is 1. The Kier molecular flexibility index (Phi) is 5.49. The van der Waals surface area contributed by atoms with Crippen LogP contribution < -0.4 is 5.32 Å². The minimum atomic E-state index is 0.670. The standard InChI is InChI=1S/C17H21NS/c1-14(19-2)12-18-13-15-8-10-17(11-9-15)16-6-4-3-5-7-16/h3-11,14,18H,12-13H2,1-2H3. The summed E-state index contributed by atoms with van der Waals surface area (Å²) in [5.74, 6) is 0. The van der Waals surface area contributed by atoms with Crippen molar-refractivity contribution in [2.24, 2.45) is 0 Å². The number of benzene rings is 2. The van der Waals surface area contributed by atoms with Gasteiger partial charge in [0, 0.05) is 18.3 Å². The van der Waals surface area contributed by atoms with Crippen LogP contribution in [0.3, 0.4) is 0 Å². The van der Waals surface area contributed by atoms with Gasteiger partial charge in [0.25, 0.3) is 0 Å². The Morgan fingerprint density at radius 1 is 0.947 bits per heavy atom. The van der Waals surface area contributed by atoms with Gasteiger partial charge in [-0.25, -0.2) is 0 Å². The molecule has 0 spiro atoms. The van der Waals surface area contributed by atoms with Gasteiger partial charge in [-0.05, 0) is 22.9 Å². The Balaban J connectivity index is 1.92. The largest absolute Gasteiger partial charge is 0.312 e. The molecule has 2 aromatic rings. The van der Waals surface area contributed by atoms with E-state index < -0.39 is 0 Å². The molecular weight excluding hydrogens is 250 g/mol. The smallest absolute Gasteiger partial charge is 0.0205 e. The first-order valence-electron chi connectivity index (χ1n) is 6.67. The first-order chi connectivity index (χ1) is 9.29. The van der Waals surface area contributed by atoms with Gasteiger partial charge in [0.15, 0.2) is 0 Å². The van der Waals surface area contributed by atoms with E-state index in [2.05, 4.69) is 73.1 Å². The second-order valence-corrected chi connectivity index (χ2v) is 6.02. The molecule has 100 valence electrons. The average Bonchev–Trinajstić information content (AvgIpc) is 2.48. The zero-order chi connectivity index (χ0) is 13.5. The summed E-state index contributed by atoms with van der Waals surface area (Å²) >= 11 is 1.90. The summed E-state index contributed by atoms with van der Waals surface area (Å²) in [6.45, 7) is 4.25. The fourth-order valence-corrected chi connectivity index (χ4v) is 2.23. The molecule has 0 heterocycles. The fraction of sp³-hybridized carbons (Fsp3) is 0.294. The highest BCUT2D eigenvalue weighted by Gasteiger charge is 2.00. The Morgan fingerprint density at radius 2 is 1.58 bits per heavy atom. The van der Waals surface area contributed by atoms with Crippen molar-refractivity contribution in [1.82, 2.24) is 5.32 Å². The summed E-state index contributed by atoms with van der Waals surface area (Å²) < 4.78 is 0. The Morgan fingerprint density at radius 3 is 2.21 bits per heavy atom. The number of thioether (sulfide) groups is 1. The summed E-state index contributed by atoms with van der Waals surface area (Å²) in [7, 11) is 0. The van der Waals surface area contributed by atoms with Crippen molar-refractivity contribution < 1.29 is 0 Å². The number of nitrogens with one attached hydrogen (secondary N) is 1. The minimum Gasteiger partial charge on any atom is -0.312 e. The second kappa shape index (κ2) is 7.37. The molecule has 0 bridgehead atoms. The van der Waals surface area contributed by atoms with E-state index in [1.807, 2.05) is 11.8 Å². The predicted octanol–water partition coefficient (Wildman–Crippen LogP) is 4.19. The van der Waals surface area contributed by atoms with Gasteiger partial charge in [-0.1, -0.05) is 61.5 Å². The van der Waals surface area contributed by atoms with Crippen LogP contribution in [0.5, 0.6) is 0 Å². The molecule has 0 aliphatic carbocycles. The van der Waals surface area contributed by atoms with Crippen LogP contribution in [0.2, 0.25) is 0 Å². The van der Waals surface area contributed by atoms with Crippen molar-refractivity contribution in [2.45, 2.75) is 18.7 Å². The van der Waals surface area contributed by atoms with Gasteiger partial charge in [0.05, 0.1) is 0 Å². The first-order valence-corrected chi connectivity index (χ1v) is 7.96. The third-order valence-electron chi connectivity index (χ3n) is 3.22. The van der Waals surface area contributed by atoms with E-state index in [1.54, 1.807) is 0 Å². The molecular formula is C17H21NS. The molecule has 0 saturated carbocycles. The van der Waals surface area contributed by atoms with Gasteiger partial charge >= 0.3 is 0 Å². The third-order valence-corrected chi connectivity index (χ3v) is 4.20. The lowest BCUT2D eigenvalue weighted by Gasteiger charge is -2.10. The van der Waals surface area contributed by atoms with Crippen LogP contribution in [0.25, 0.3) is 11.1 Å². The van der Waals surface area contributed by atoms with Crippen molar-refractivity contribution in [1.29, 1.82) is 0 Å². The minimum absolute atomic E-state index is 0.670. The summed E-state index contributed by atoms with van der Waals surface area (Å²) in [5.41, 5.74) is 3.90. The predicted molar refractivity (Wildman–Crippen MR) is 86.6 cm³/mol. The monoisotopic (exact) mass is 271 g/mol. The highest BCUT2D eigenvalue weighted by Crippen LogP contribution is 2.19. The highest BCUT2D eigenvalue weighted by molar-refractivity contribution is 7.99. The van der Waals surface area contributed by atoms with Gasteiger partial charge in [-0.15, -0.1) is 0 Å². The van der Waals surface area contributed by atoms with Gasteiger partial charge in [-0.3, -0.25) is 0 Å². The molecule has 2 aromatic carbocycles. The quantitative estimate of drug-likeness (QED) is 0.845. The second-order valence-electron chi connectivity index (χ2n) is 4.74. The van der Waals surface area contributed by atoms with Crippen LogP contribution in [0.1, 0.15) is 12.5 Å². The zero-order valence-corrected chi connectivity index (χ0v) is 12.4. The molecule has 0 radical (unpaired) electrons. The Labute approximate surface area is 120 Å². The maximum atomic E-state index is 3.49. The Hall–Kier alpha value is -1.25. The molecule has 0 amide bonds. The molecule has 1 nitrogen and oxygen atoms in total. The van der Waals surface area contributed by atoms with Crippen molar-refractivity contribution in [3.05, 3.63) is 60.2 Å². The molecule has 0 aromatic heterocycles. The number of hydrogen-bond acceptors (Lipinski definition) is 2.